The number of hydrogen-bond donors (Lipinski definition) is 1. The van der Waals surface area contributed by atoms with E-state index >= 15 is 0 Å². The van der Waals surface area contributed by atoms with Gasteiger partial charge in [0.15, 0.2) is 0 Å². The van der Waals surface area contributed by atoms with Crippen LogP contribution in [-0.2, 0) is 7.05 Å². The fourth-order valence-electron chi connectivity index (χ4n) is 1.89. The Kier molecular flexibility index (Phi) is 2.73. The summed E-state index contributed by atoms with van der Waals surface area (Å²) in [5.74, 6) is 0.737. The first-order valence-electron chi connectivity index (χ1n) is 5.53. The van der Waals surface area contributed by atoms with E-state index in [1.807, 2.05) is 42.2 Å². The van der Waals surface area contributed by atoms with Gasteiger partial charge in [0.1, 0.15) is 5.75 Å². The molecule has 0 aliphatic rings. The van der Waals surface area contributed by atoms with E-state index in [1.54, 1.807) is 0 Å². The van der Waals surface area contributed by atoms with Crippen molar-refractivity contribution in [1.29, 1.82) is 0 Å². The summed E-state index contributed by atoms with van der Waals surface area (Å²) in [6.07, 6.45) is 4.05. The van der Waals surface area contributed by atoms with Gasteiger partial charge in [0.05, 0.1) is 0 Å². The minimum Gasteiger partial charge on any atom is -0.508 e. The van der Waals surface area contributed by atoms with Crippen molar-refractivity contribution in [3.05, 3.63) is 42.2 Å². The normalized spacial score (nSPS) is 11.0. The van der Waals surface area contributed by atoms with Gasteiger partial charge in [-0.25, -0.2) is 0 Å². The zero-order valence-electron chi connectivity index (χ0n) is 9.94. The van der Waals surface area contributed by atoms with Crippen LogP contribution in [0, 0.1) is 0 Å². The summed E-state index contributed by atoms with van der Waals surface area (Å²) < 4.78 is 2.00. The molecule has 2 rings (SSSR count). The van der Waals surface area contributed by atoms with Crippen LogP contribution < -0.4 is 0 Å². The molecule has 0 atom stereocenters. The number of rotatable bonds is 2. The molecule has 0 aliphatic carbocycles. The summed E-state index contributed by atoms with van der Waals surface area (Å²) >= 11 is 0. The first-order chi connectivity index (χ1) is 7.58. The lowest BCUT2D eigenvalue weighted by Gasteiger charge is -2.09. The molecule has 2 heteroatoms. The Balaban J connectivity index is 2.42. The molecule has 0 saturated heterocycles. The van der Waals surface area contributed by atoms with Gasteiger partial charge in [-0.15, -0.1) is 0 Å². The quantitative estimate of drug-likeness (QED) is 0.814. The fraction of sp³-hybridized carbons (Fsp3) is 0.286. The van der Waals surface area contributed by atoms with Crippen LogP contribution >= 0.6 is 0 Å². The van der Waals surface area contributed by atoms with Crippen molar-refractivity contribution in [3.8, 4) is 16.9 Å². The van der Waals surface area contributed by atoms with E-state index < -0.39 is 0 Å². The van der Waals surface area contributed by atoms with Crippen molar-refractivity contribution in [1.82, 2.24) is 4.57 Å². The molecule has 0 fully saturated rings. The maximum Gasteiger partial charge on any atom is 0.119 e. The first-order valence-corrected chi connectivity index (χ1v) is 5.53. The maximum absolute atomic E-state index is 9.92. The Labute approximate surface area is 96.2 Å². The third kappa shape index (κ3) is 1.96. The lowest BCUT2D eigenvalue weighted by Crippen LogP contribution is -1.88. The molecule has 1 heterocycles. The molecule has 84 valence electrons. The van der Waals surface area contributed by atoms with E-state index in [9.17, 15) is 5.11 Å². The van der Waals surface area contributed by atoms with Gasteiger partial charge in [0.25, 0.3) is 0 Å². The Bertz CT molecular complexity index is 497. The monoisotopic (exact) mass is 215 g/mol. The predicted molar refractivity (Wildman–Crippen MR) is 66.6 cm³/mol. The van der Waals surface area contributed by atoms with Crippen LogP contribution in [0.5, 0.6) is 5.75 Å². The Morgan fingerprint density at radius 2 is 1.88 bits per heavy atom. The van der Waals surface area contributed by atoms with E-state index in [2.05, 4.69) is 19.9 Å². The highest BCUT2D eigenvalue weighted by molar-refractivity contribution is 5.65. The second kappa shape index (κ2) is 4.05. The topological polar surface area (TPSA) is 25.2 Å². The van der Waals surface area contributed by atoms with Gasteiger partial charge in [-0.05, 0) is 34.7 Å². The van der Waals surface area contributed by atoms with E-state index in [0.29, 0.717) is 11.7 Å². The summed E-state index contributed by atoms with van der Waals surface area (Å²) in [7, 11) is 1.99. The van der Waals surface area contributed by atoms with Crippen molar-refractivity contribution in [3.63, 3.8) is 0 Å². The SMILES string of the molecule is CC(C)c1ccc(-c2ccn(C)c2)cc1O. The minimum atomic E-state index is 0.352. The molecule has 1 aromatic carbocycles. The summed E-state index contributed by atoms with van der Waals surface area (Å²) in [4.78, 5) is 0. The molecule has 0 radical (unpaired) electrons. The van der Waals surface area contributed by atoms with Crippen LogP contribution in [-0.4, -0.2) is 9.67 Å². The van der Waals surface area contributed by atoms with Crippen molar-refractivity contribution in [2.45, 2.75) is 19.8 Å². The van der Waals surface area contributed by atoms with Crippen molar-refractivity contribution < 1.29 is 5.11 Å². The highest BCUT2D eigenvalue weighted by Crippen LogP contribution is 2.30. The van der Waals surface area contributed by atoms with Gasteiger partial charge in [0.2, 0.25) is 0 Å². The third-order valence-electron chi connectivity index (χ3n) is 2.82. The van der Waals surface area contributed by atoms with Gasteiger partial charge in [-0.2, -0.15) is 0 Å². The van der Waals surface area contributed by atoms with E-state index in [4.69, 9.17) is 0 Å². The summed E-state index contributed by atoms with van der Waals surface area (Å²) in [6.45, 7) is 4.16. The first kappa shape index (κ1) is 10.8. The van der Waals surface area contributed by atoms with Crippen LogP contribution in [0.4, 0.5) is 0 Å². The second-order valence-corrected chi connectivity index (χ2v) is 4.49. The van der Waals surface area contributed by atoms with Gasteiger partial charge in [-0.1, -0.05) is 26.0 Å². The Hall–Kier alpha value is -1.70. The van der Waals surface area contributed by atoms with Crippen molar-refractivity contribution in [2.24, 2.45) is 7.05 Å². The number of benzene rings is 1. The van der Waals surface area contributed by atoms with Crippen LogP contribution in [0.2, 0.25) is 0 Å². The minimum absolute atomic E-state index is 0.352. The van der Waals surface area contributed by atoms with Crippen molar-refractivity contribution in [2.75, 3.05) is 0 Å². The molecular weight excluding hydrogens is 198 g/mol. The summed E-state index contributed by atoms with van der Waals surface area (Å²) in [6, 6.07) is 7.95. The average molecular weight is 215 g/mol. The van der Waals surface area contributed by atoms with Gasteiger partial charge < -0.3 is 9.67 Å². The van der Waals surface area contributed by atoms with Gasteiger partial charge >= 0.3 is 0 Å². The third-order valence-corrected chi connectivity index (χ3v) is 2.82. The van der Waals surface area contributed by atoms with Crippen LogP contribution in [0.1, 0.15) is 25.3 Å². The summed E-state index contributed by atoms with van der Waals surface area (Å²) in [5, 5.41) is 9.92. The number of aromatic nitrogens is 1. The molecule has 1 N–H and O–H groups in total. The number of aryl methyl sites for hydroxylation is 1. The van der Waals surface area contributed by atoms with E-state index in [1.165, 1.54) is 0 Å². The van der Waals surface area contributed by atoms with Crippen LogP contribution in [0.25, 0.3) is 11.1 Å². The molecule has 16 heavy (non-hydrogen) atoms. The van der Waals surface area contributed by atoms with E-state index in [0.717, 1.165) is 16.7 Å². The Morgan fingerprint density at radius 1 is 1.12 bits per heavy atom. The standard InChI is InChI=1S/C14H17NO/c1-10(2)13-5-4-11(8-14(13)16)12-6-7-15(3)9-12/h4-10,16H,1-3H3. The number of phenolic OH excluding ortho intramolecular Hbond substituents is 1. The highest BCUT2D eigenvalue weighted by Gasteiger charge is 2.07. The van der Waals surface area contributed by atoms with Gasteiger partial charge in [0, 0.05) is 19.4 Å². The lowest BCUT2D eigenvalue weighted by molar-refractivity contribution is 0.465. The second-order valence-electron chi connectivity index (χ2n) is 4.49. The van der Waals surface area contributed by atoms with Crippen LogP contribution in [0.3, 0.4) is 0 Å². The Morgan fingerprint density at radius 3 is 2.38 bits per heavy atom. The molecule has 0 aliphatic heterocycles. The fourth-order valence-corrected chi connectivity index (χ4v) is 1.89. The molecule has 2 nitrogen and oxygen atoms in total. The zero-order chi connectivity index (χ0) is 11.7. The molecule has 2 aromatic rings. The number of nitrogens with zero attached hydrogens (tertiary/aromatic N) is 1. The largest absolute Gasteiger partial charge is 0.508 e. The molecule has 0 saturated carbocycles. The molecule has 0 bridgehead atoms. The molecule has 0 spiro atoms. The molecule has 1 aromatic heterocycles. The van der Waals surface area contributed by atoms with Crippen LogP contribution in [0.15, 0.2) is 36.7 Å². The summed E-state index contributed by atoms with van der Waals surface area (Å²) in [5.41, 5.74) is 3.19. The number of hydrogen-bond acceptors (Lipinski definition) is 1. The number of phenols is 1. The number of aromatic hydroxyl groups is 1. The lowest BCUT2D eigenvalue weighted by atomic mass is 9.98. The highest BCUT2D eigenvalue weighted by atomic mass is 16.3. The zero-order valence-corrected chi connectivity index (χ0v) is 9.94. The van der Waals surface area contributed by atoms with E-state index in [-0.39, 0.29) is 0 Å². The molecule has 0 unspecified atom stereocenters. The maximum atomic E-state index is 9.92. The molecule has 0 amide bonds. The molecular formula is C14H17NO. The predicted octanol–water partition coefficient (Wildman–Crippen LogP) is 3.52. The average Bonchev–Trinajstić information content (AvgIpc) is 2.64. The smallest absolute Gasteiger partial charge is 0.119 e. The van der Waals surface area contributed by atoms with Gasteiger partial charge in [-0.3, -0.25) is 0 Å². The van der Waals surface area contributed by atoms with Crippen molar-refractivity contribution >= 4 is 0 Å².